The maximum atomic E-state index is 11.7. The number of H-pyrrole nitrogens is 1. The van der Waals surface area contributed by atoms with Gasteiger partial charge in [0.05, 0.1) is 17.6 Å². The molecule has 0 atom stereocenters. The molecule has 0 aliphatic rings. The number of nitrogen functional groups attached to an aromatic ring is 1. The van der Waals surface area contributed by atoms with Crippen molar-refractivity contribution in [3.63, 3.8) is 0 Å². The summed E-state index contributed by atoms with van der Waals surface area (Å²) in [5, 5.41) is 5.91. The Morgan fingerprint density at radius 1 is 1.50 bits per heavy atom. The molecule has 0 radical (unpaired) electrons. The highest BCUT2D eigenvalue weighted by Crippen LogP contribution is 2.22. The SMILES string of the molecule is Nc1cn[nH]c1CCC(F)(F)F. The fourth-order valence-electron chi connectivity index (χ4n) is 0.789. The number of halogens is 3. The van der Waals surface area contributed by atoms with E-state index in [9.17, 15) is 13.2 Å². The molecule has 6 heteroatoms. The molecule has 1 rings (SSSR count). The van der Waals surface area contributed by atoms with Gasteiger partial charge in [-0.25, -0.2) is 0 Å². The number of nitrogens with two attached hydrogens (primary N) is 1. The monoisotopic (exact) mass is 179 g/mol. The molecule has 1 aromatic rings. The van der Waals surface area contributed by atoms with E-state index in [1.165, 1.54) is 6.20 Å². The molecule has 0 unspecified atom stereocenters. The lowest BCUT2D eigenvalue weighted by atomic mass is 10.2. The van der Waals surface area contributed by atoms with Crippen molar-refractivity contribution in [3.8, 4) is 0 Å². The second-order valence-corrected chi connectivity index (χ2v) is 2.42. The Balaban J connectivity index is 2.49. The van der Waals surface area contributed by atoms with Gasteiger partial charge in [0.25, 0.3) is 0 Å². The third kappa shape index (κ3) is 2.44. The summed E-state index contributed by atoms with van der Waals surface area (Å²) in [6, 6.07) is 0. The van der Waals surface area contributed by atoms with Crippen LogP contribution < -0.4 is 5.73 Å². The third-order valence-corrected chi connectivity index (χ3v) is 1.41. The molecule has 0 amide bonds. The summed E-state index contributed by atoms with van der Waals surface area (Å²) in [6.45, 7) is 0. The smallest absolute Gasteiger partial charge is 0.389 e. The van der Waals surface area contributed by atoms with E-state index in [0.717, 1.165) is 0 Å². The van der Waals surface area contributed by atoms with Crippen LogP contribution in [-0.4, -0.2) is 16.4 Å². The van der Waals surface area contributed by atoms with E-state index in [0.29, 0.717) is 5.69 Å². The molecule has 0 bridgehead atoms. The molecule has 3 N–H and O–H groups in total. The highest BCUT2D eigenvalue weighted by atomic mass is 19.4. The number of nitrogens with one attached hydrogen (secondary N) is 1. The lowest BCUT2D eigenvalue weighted by molar-refractivity contribution is -0.134. The Bertz CT molecular complexity index is 253. The zero-order valence-electron chi connectivity index (χ0n) is 6.15. The molecule has 1 aromatic heterocycles. The number of anilines is 1. The molecule has 68 valence electrons. The molecule has 0 saturated heterocycles. The summed E-state index contributed by atoms with van der Waals surface area (Å²) >= 11 is 0. The number of aromatic nitrogens is 2. The van der Waals surface area contributed by atoms with Gasteiger partial charge in [0.1, 0.15) is 0 Å². The van der Waals surface area contributed by atoms with Crippen molar-refractivity contribution in [2.24, 2.45) is 0 Å². The van der Waals surface area contributed by atoms with Crippen molar-refractivity contribution < 1.29 is 13.2 Å². The van der Waals surface area contributed by atoms with Crippen molar-refractivity contribution in [1.82, 2.24) is 10.2 Å². The van der Waals surface area contributed by atoms with Gasteiger partial charge in [0.15, 0.2) is 0 Å². The van der Waals surface area contributed by atoms with E-state index in [4.69, 9.17) is 5.73 Å². The second kappa shape index (κ2) is 3.04. The van der Waals surface area contributed by atoms with Crippen molar-refractivity contribution in [2.45, 2.75) is 19.0 Å². The van der Waals surface area contributed by atoms with Gasteiger partial charge in [0, 0.05) is 6.42 Å². The summed E-state index contributed by atoms with van der Waals surface area (Å²) in [6.07, 6.45) is -3.86. The van der Waals surface area contributed by atoms with Crippen LogP contribution in [0, 0.1) is 0 Å². The Labute approximate surface area is 66.8 Å². The van der Waals surface area contributed by atoms with Gasteiger partial charge in [-0.2, -0.15) is 18.3 Å². The summed E-state index contributed by atoms with van der Waals surface area (Å²) in [7, 11) is 0. The number of nitrogens with zero attached hydrogens (tertiary/aromatic N) is 1. The van der Waals surface area contributed by atoms with Crippen LogP contribution in [0.25, 0.3) is 0 Å². The number of aromatic amines is 1. The van der Waals surface area contributed by atoms with E-state index in [2.05, 4.69) is 10.2 Å². The maximum Gasteiger partial charge on any atom is 0.389 e. The first-order chi connectivity index (χ1) is 5.49. The summed E-state index contributed by atoms with van der Waals surface area (Å²) in [4.78, 5) is 0. The van der Waals surface area contributed by atoms with Crippen molar-refractivity contribution in [1.29, 1.82) is 0 Å². The van der Waals surface area contributed by atoms with Crippen LogP contribution in [0.4, 0.5) is 18.9 Å². The number of hydrogen-bond donors (Lipinski definition) is 2. The van der Waals surface area contributed by atoms with Gasteiger partial charge >= 0.3 is 6.18 Å². The van der Waals surface area contributed by atoms with Crippen LogP contribution in [0.1, 0.15) is 12.1 Å². The largest absolute Gasteiger partial charge is 0.396 e. The lowest BCUT2D eigenvalue weighted by Gasteiger charge is -2.04. The Kier molecular flexibility index (Phi) is 2.25. The number of rotatable bonds is 2. The fourth-order valence-corrected chi connectivity index (χ4v) is 0.789. The average Bonchev–Trinajstić information content (AvgIpc) is 2.29. The minimum absolute atomic E-state index is 0.144. The number of aryl methyl sites for hydroxylation is 1. The van der Waals surface area contributed by atoms with E-state index < -0.39 is 12.6 Å². The molecule has 12 heavy (non-hydrogen) atoms. The molecule has 0 aliphatic heterocycles. The van der Waals surface area contributed by atoms with Gasteiger partial charge in [0.2, 0.25) is 0 Å². The first-order valence-electron chi connectivity index (χ1n) is 3.33. The quantitative estimate of drug-likeness (QED) is 0.722. The molecule has 0 aliphatic carbocycles. The van der Waals surface area contributed by atoms with E-state index in [-0.39, 0.29) is 12.1 Å². The molecule has 0 spiro atoms. The van der Waals surface area contributed by atoms with Crippen LogP contribution in [0.15, 0.2) is 6.20 Å². The minimum atomic E-state index is -4.14. The average molecular weight is 179 g/mol. The second-order valence-electron chi connectivity index (χ2n) is 2.42. The number of alkyl halides is 3. The first kappa shape index (κ1) is 8.89. The fraction of sp³-hybridized carbons (Fsp3) is 0.500. The van der Waals surface area contributed by atoms with Gasteiger partial charge in [-0.05, 0) is 6.42 Å². The summed E-state index contributed by atoms with van der Waals surface area (Å²) in [5.41, 5.74) is 5.93. The molecule has 1 heterocycles. The summed E-state index contributed by atoms with van der Waals surface area (Å²) in [5.74, 6) is 0. The maximum absolute atomic E-state index is 11.7. The topological polar surface area (TPSA) is 54.7 Å². The van der Waals surface area contributed by atoms with Gasteiger partial charge < -0.3 is 5.73 Å². The first-order valence-corrected chi connectivity index (χ1v) is 3.33. The van der Waals surface area contributed by atoms with E-state index in [1.54, 1.807) is 0 Å². The molecule has 3 nitrogen and oxygen atoms in total. The van der Waals surface area contributed by atoms with Gasteiger partial charge in [-0.3, -0.25) is 5.10 Å². The standard InChI is InChI=1S/C6H8F3N3/c7-6(8,9)2-1-5-4(10)3-11-12-5/h3H,1-2,10H2,(H,11,12). The highest BCUT2D eigenvalue weighted by Gasteiger charge is 2.27. The normalized spacial score (nSPS) is 11.9. The number of hydrogen-bond acceptors (Lipinski definition) is 2. The van der Waals surface area contributed by atoms with Crippen LogP contribution in [0.2, 0.25) is 0 Å². The van der Waals surface area contributed by atoms with Crippen molar-refractivity contribution in [3.05, 3.63) is 11.9 Å². The summed E-state index contributed by atoms with van der Waals surface area (Å²) < 4.78 is 35.1. The third-order valence-electron chi connectivity index (χ3n) is 1.41. The zero-order valence-corrected chi connectivity index (χ0v) is 6.15. The Morgan fingerprint density at radius 2 is 2.17 bits per heavy atom. The molecule has 0 saturated carbocycles. The molecule has 0 aromatic carbocycles. The molecular weight excluding hydrogens is 171 g/mol. The van der Waals surface area contributed by atoms with Crippen LogP contribution in [0.3, 0.4) is 0 Å². The van der Waals surface area contributed by atoms with Crippen LogP contribution in [-0.2, 0) is 6.42 Å². The molecule has 0 fully saturated rings. The van der Waals surface area contributed by atoms with Gasteiger partial charge in [-0.15, -0.1) is 0 Å². The predicted molar refractivity (Wildman–Crippen MR) is 37.4 cm³/mol. The predicted octanol–water partition coefficient (Wildman–Crippen LogP) is 1.49. The lowest BCUT2D eigenvalue weighted by Crippen LogP contribution is -2.09. The zero-order chi connectivity index (χ0) is 9.19. The van der Waals surface area contributed by atoms with E-state index in [1.807, 2.05) is 0 Å². The van der Waals surface area contributed by atoms with E-state index >= 15 is 0 Å². The molecular formula is C6H8F3N3. The minimum Gasteiger partial charge on any atom is -0.396 e. The van der Waals surface area contributed by atoms with Crippen LogP contribution >= 0.6 is 0 Å². The highest BCUT2D eigenvalue weighted by molar-refractivity contribution is 5.39. The Morgan fingerprint density at radius 3 is 2.58 bits per heavy atom. The van der Waals surface area contributed by atoms with Crippen molar-refractivity contribution in [2.75, 3.05) is 5.73 Å². The Hall–Kier alpha value is -1.20. The van der Waals surface area contributed by atoms with Crippen LogP contribution in [0.5, 0.6) is 0 Å². The van der Waals surface area contributed by atoms with Gasteiger partial charge in [-0.1, -0.05) is 0 Å². The van der Waals surface area contributed by atoms with Crippen molar-refractivity contribution >= 4 is 5.69 Å².